The van der Waals surface area contributed by atoms with Gasteiger partial charge in [-0.15, -0.1) is 0 Å². The molecule has 0 N–H and O–H groups in total. The van der Waals surface area contributed by atoms with Gasteiger partial charge in [-0.1, -0.05) is 58.7 Å². The molecule has 1 aliphatic heterocycles. The van der Waals surface area contributed by atoms with E-state index in [9.17, 15) is 0 Å². The smallest absolute Gasteiger partial charge is 0.346 e. The van der Waals surface area contributed by atoms with E-state index in [1.165, 1.54) is 10.2 Å². The molecule has 0 saturated carbocycles. The average Bonchev–Trinajstić information content (AvgIpc) is 3.78. The van der Waals surface area contributed by atoms with Crippen LogP contribution >= 0.6 is 0 Å². The highest BCUT2D eigenvalue weighted by molar-refractivity contribution is 6.14. The van der Waals surface area contributed by atoms with Crippen LogP contribution in [0, 0.1) is 0 Å². The fraction of sp³-hybridized carbons (Fsp3) is 0.176. The Bertz CT molecular complexity index is 2240. The molecule has 0 spiro atoms. The lowest BCUT2D eigenvalue weighted by molar-refractivity contribution is 0.299. The Morgan fingerprint density at radius 1 is 0.638 bits per heavy atom. The van der Waals surface area contributed by atoms with Crippen LogP contribution in [0.5, 0.6) is 35.0 Å². The van der Waals surface area contributed by atoms with Crippen LogP contribution in [0.15, 0.2) is 84.9 Å². The third-order valence-corrected chi connectivity index (χ3v) is 8.35. The van der Waals surface area contributed by atoms with Crippen molar-refractivity contribution in [3.63, 3.8) is 0 Å². The molecule has 47 heavy (non-hydrogen) atoms. The number of likely N-dealkylation sites (N-methyl/N-ethyl adjacent to an activating group) is 1. The number of fused-ring (bicyclic) bond motifs is 5. The van der Waals surface area contributed by atoms with Crippen molar-refractivity contribution in [2.45, 2.75) is 13.0 Å². The topological polar surface area (TPSA) is 127 Å². The van der Waals surface area contributed by atoms with E-state index < -0.39 is 0 Å². The Labute approximate surface area is 268 Å². The molecule has 7 aromatic rings. The first-order valence-corrected chi connectivity index (χ1v) is 15.0. The van der Waals surface area contributed by atoms with E-state index in [0.29, 0.717) is 29.5 Å². The summed E-state index contributed by atoms with van der Waals surface area (Å²) in [6.45, 7) is 1.58. The number of aromatic nitrogens is 8. The molecule has 8 rings (SSSR count). The van der Waals surface area contributed by atoms with Crippen molar-refractivity contribution in [2.75, 3.05) is 27.8 Å². The predicted molar refractivity (Wildman–Crippen MR) is 173 cm³/mol. The van der Waals surface area contributed by atoms with Gasteiger partial charge >= 0.3 is 12.0 Å². The molecule has 13 heteroatoms. The van der Waals surface area contributed by atoms with Gasteiger partial charge in [-0.3, -0.25) is 0 Å². The molecular weight excluding hydrogens is 598 g/mol. The van der Waals surface area contributed by atoms with Crippen molar-refractivity contribution in [2.24, 2.45) is 0 Å². The number of para-hydroxylation sites is 2. The molecular formula is C34H29N9O4. The van der Waals surface area contributed by atoms with Gasteiger partial charge in [-0.05, 0) is 92.4 Å². The lowest BCUT2D eigenvalue weighted by Crippen LogP contribution is -2.27. The number of tetrazole rings is 2. The van der Waals surface area contributed by atoms with E-state index in [0.717, 1.165) is 51.4 Å². The van der Waals surface area contributed by atoms with E-state index in [1.54, 1.807) is 18.9 Å². The second-order valence-electron chi connectivity index (χ2n) is 11.1. The van der Waals surface area contributed by atoms with Crippen molar-refractivity contribution in [1.82, 2.24) is 45.3 Å². The van der Waals surface area contributed by atoms with Gasteiger partial charge in [0.2, 0.25) is 0 Å². The molecule has 0 aliphatic carbocycles. The van der Waals surface area contributed by atoms with E-state index in [4.69, 9.17) is 18.9 Å². The first-order valence-electron chi connectivity index (χ1n) is 15.0. The fourth-order valence-corrected chi connectivity index (χ4v) is 6.16. The van der Waals surface area contributed by atoms with Gasteiger partial charge in [-0.2, -0.15) is 9.36 Å². The number of nitrogens with zero attached hydrogens (tertiary/aromatic N) is 9. The van der Waals surface area contributed by atoms with E-state index in [1.807, 2.05) is 72.8 Å². The second kappa shape index (κ2) is 11.7. The van der Waals surface area contributed by atoms with E-state index in [2.05, 4.69) is 55.1 Å². The van der Waals surface area contributed by atoms with Gasteiger partial charge in [0.05, 0.1) is 25.6 Å². The molecule has 0 amide bonds. The van der Waals surface area contributed by atoms with Crippen LogP contribution in [0.4, 0.5) is 0 Å². The zero-order chi connectivity index (χ0) is 31.9. The number of hydrogen-bond acceptors (Lipinski definition) is 11. The second-order valence-corrected chi connectivity index (χ2v) is 11.1. The number of benzene rings is 5. The van der Waals surface area contributed by atoms with E-state index in [-0.39, 0.29) is 12.0 Å². The van der Waals surface area contributed by atoms with Gasteiger partial charge in [0.1, 0.15) is 0 Å². The maximum Gasteiger partial charge on any atom is 0.346 e. The van der Waals surface area contributed by atoms with Gasteiger partial charge < -0.3 is 23.8 Å². The molecule has 234 valence electrons. The maximum atomic E-state index is 6.63. The lowest BCUT2D eigenvalue weighted by atomic mass is 9.89. The molecule has 2 aromatic heterocycles. The van der Waals surface area contributed by atoms with Crippen LogP contribution in [0.1, 0.15) is 11.1 Å². The summed E-state index contributed by atoms with van der Waals surface area (Å²) < 4.78 is 28.1. The van der Waals surface area contributed by atoms with Crippen molar-refractivity contribution in [3.05, 3.63) is 96.1 Å². The van der Waals surface area contributed by atoms with Crippen molar-refractivity contribution in [3.8, 4) is 46.4 Å². The van der Waals surface area contributed by atoms with Crippen LogP contribution in [-0.2, 0) is 13.0 Å². The normalized spacial score (nSPS) is 13.1. The van der Waals surface area contributed by atoms with Crippen molar-refractivity contribution < 1.29 is 18.9 Å². The van der Waals surface area contributed by atoms with Gasteiger partial charge in [-0.25, -0.2) is 0 Å². The summed E-state index contributed by atoms with van der Waals surface area (Å²) in [4.78, 5) is 2.26. The number of hydrogen-bond donors (Lipinski definition) is 0. The first kappa shape index (κ1) is 28.4. The van der Waals surface area contributed by atoms with Crippen LogP contribution in [0.2, 0.25) is 0 Å². The highest BCUT2D eigenvalue weighted by Crippen LogP contribution is 2.49. The highest BCUT2D eigenvalue weighted by Gasteiger charge is 2.29. The Morgan fingerprint density at radius 2 is 1.30 bits per heavy atom. The summed E-state index contributed by atoms with van der Waals surface area (Å²) in [6, 6.07) is 27.7. The fourth-order valence-electron chi connectivity index (χ4n) is 6.16. The highest BCUT2D eigenvalue weighted by atomic mass is 16.5. The Hall–Kier alpha value is -6.08. The maximum absolute atomic E-state index is 6.63. The van der Waals surface area contributed by atoms with Gasteiger partial charge in [0.15, 0.2) is 23.0 Å². The summed E-state index contributed by atoms with van der Waals surface area (Å²) in [5.41, 5.74) is 3.77. The molecule has 3 heterocycles. The zero-order valence-electron chi connectivity index (χ0n) is 25.9. The summed E-state index contributed by atoms with van der Waals surface area (Å²) in [5, 5.41) is 28.2. The molecule has 0 atom stereocenters. The summed E-state index contributed by atoms with van der Waals surface area (Å²) in [7, 11) is 5.35. The first-order chi connectivity index (χ1) is 23.1. The number of methoxy groups -OCH3 is 2. The number of rotatable bonds is 8. The van der Waals surface area contributed by atoms with Crippen molar-refractivity contribution >= 4 is 21.5 Å². The van der Waals surface area contributed by atoms with Crippen LogP contribution in [-0.4, -0.2) is 73.1 Å². The summed E-state index contributed by atoms with van der Waals surface area (Å²) >= 11 is 0. The SMILES string of the molecule is COc1cc2c(ccc3c4c(c(Oc5nnnn5-c5ccccc5)c(OC)c32)CN(C)CC4)cc1Oc1nnnn1-c1ccccc1. The minimum Gasteiger partial charge on any atom is -0.493 e. The molecule has 0 fully saturated rings. The molecule has 0 unspecified atom stereocenters. The Balaban J connectivity index is 1.30. The minimum atomic E-state index is 0.206. The van der Waals surface area contributed by atoms with E-state index >= 15 is 0 Å². The Kier molecular flexibility index (Phi) is 7.06. The summed E-state index contributed by atoms with van der Waals surface area (Å²) in [6.07, 6.45) is 0.832. The molecule has 0 bridgehead atoms. The van der Waals surface area contributed by atoms with Crippen LogP contribution < -0.4 is 18.9 Å². The largest absolute Gasteiger partial charge is 0.493 e. The molecule has 1 aliphatic rings. The lowest BCUT2D eigenvalue weighted by Gasteiger charge is -2.29. The average molecular weight is 628 g/mol. The third-order valence-electron chi connectivity index (χ3n) is 8.35. The quantitative estimate of drug-likeness (QED) is 0.197. The minimum absolute atomic E-state index is 0.206. The van der Waals surface area contributed by atoms with Gasteiger partial charge in [0.25, 0.3) is 0 Å². The Morgan fingerprint density at radius 3 is 1.94 bits per heavy atom. The predicted octanol–water partition coefficient (Wildman–Crippen LogP) is 5.53. The van der Waals surface area contributed by atoms with Crippen LogP contribution in [0.25, 0.3) is 32.9 Å². The molecule has 13 nitrogen and oxygen atoms in total. The molecule has 0 radical (unpaired) electrons. The van der Waals surface area contributed by atoms with Gasteiger partial charge in [0, 0.05) is 24.0 Å². The zero-order valence-corrected chi connectivity index (χ0v) is 25.9. The van der Waals surface area contributed by atoms with Crippen molar-refractivity contribution in [1.29, 1.82) is 0 Å². The third kappa shape index (κ3) is 4.93. The monoisotopic (exact) mass is 627 g/mol. The standard InChI is InChI=1S/C34H29N9O4/c1-41-17-16-24-25-15-14-21-18-29(46-33-35-37-39-42(33)22-10-6-4-7-11-22)28(44-2)19-26(21)30(25)32(45-3)31(27(24)20-41)47-34-36-38-40-43(34)23-12-8-5-9-13-23/h4-15,18-19H,16-17,20H2,1-3H3. The molecule has 5 aromatic carbocycles. The summed E-state index contributed by atoms with van der Waals surface area (Å²) in [5.74, 6) is 2.11. The number of ether oxygens (including phenoxy) is 4. The molecule has 0 saturated heterocycles. The van der Waals surface area contributed by atoms with Crippen LogP contribution in [0.3, 0.4) is 0 Å².